The van der Waals surface area contributed by atoms with E-state index in [1.807, 2.05) is 6.20 Å². The predicted octanol–water partition coefficient (Wildman–Crippen LogP) is 5.45. The number of benzene rings is 1. The first kappa shape index (κ1) is 23.9. The van der Waals surface area contributed by atoms with Crippen molar-refractivity contribution in [2.24, 2.45) is 5.92 Å². The maximum atomic E-state index is 6.15. The minimum atomic E-state index is 0.540. The van der Waals surface area contributed by atoms with Crippen molar-refractivity contribution in [1.29, 1.82) is 0 Å². The molecule has 2 heterocycles. The Bertz CT molecular complexity index is 823. The van der Waals surface area contributed by atoms with Crippen LogP contribution in [-0.2, 0) is 6.42 Å². The van der Waals surface area contributed by atoms with Crippen LogP contribution in [0.15, 0.2) is 35.4 Å². The highest BCUT2D eigenvalue weighted by atomic mass is 32.2. The van der Waals surface area contributed by atoms with Crippen LogP contribution in [0.2, 0.25) is 0 Å². The van der Waals surface area contributed by atoms with Crippen molar-refractivity contribution in [2.75, 3.05) is 25.4 Å². The van der Waals surface area contributed by atoms with Crippen molar-refractivity contribution in [1.82, 2.24) is 15.0 Å². The van der Waals surface area contributed by atoms with Gasteiger partial charge in [-0.05, 0) is 79.4 Å². The third-order valence-corrected chi connectivity index (χ3v) is 7.00. The maximum absolute atomic E-state index is 6.15. The Morgan fingerprint density at radius 3 is 2.87 bits per heavy atom. The first-order valence-electron chi connectivity index (χ1n) is 11.7. The van der Waals surface area contributed by atoms with E-state index in [0.29, 0.717) is 17.8 Å². The zero-order chi connectivity index (χ0) is 22.1. The van der Waals surface area contributed by atoms with Crippen molar-refractivity contribution in [3.05, 3.63) is 36.0 Å². The monoisotopic (exact) mass is 442 g/mol. The smallest absolute Gasteiger partial charge is 0.138 e. The molecular formula is C25H38N4OS. The van der Waals surface area contributed by atoms with Crippen LogP contribution in [0.3, 0.4) is 0 Å². The zero-order valence-corrected chi connectivity index (χ0v) is 20.1. The molecule has 2 aromatic rings. The van der Waals surface area contributed by atoms with E-state index in [9.17, 15) is 0 Å². The number of aryl methyl sites for hydroxylation is 1. The predicted molar refractivity (Wildman–Crippen MR) is 133 cm³/mol. The number of rotatable bonds is 11. The van der Waals surface area contributed by atoms with E-state index in [-0.39, 0.29) is 0 Å². The molecule has 1 aliphatic heterocycles. The minimum absolute atomic E-state index is 0.540. The fourth-order valence-electron chi connectivity index (χ4n) is 3.76. The molecule has 1 aromatic carbocycles. The standard InChI is InChI=1S/C25H38N4OS/c1-4-18(3)11-13-30-23-10-9-20(14-19(23)5-2)21-15-24(25(26)28-16-21)31-29-17-22-8-6-7-12-27-22/h9-10,14-16,18,22,27,29H,4-8,11-13,17H2,1-3H3,(H2,26,28). The molecule has 0 aliphatic carbocycles. The molecule has 170 valence electrons. The molecule has 1 fully saturated rings. The maximum Gasteiger partial charge on any atom is 0.138 e. The molecular weight excluding hydrogens is 404 g/mol. The van der Waals surface area contributed by atoms with Gasteiger partial charge in [0.2, 0.25) is 0 Å². The third kappa shape index (κ3) is 7.13. The first-order valence-corrected chi connectivity index (χ1v) is 12.6. The van der Waals surface area contributed by atoms with Gasteiger partial charge in [0.1, 0.15) is 11.6 Å². The van der Waals surface area contributed by atoms with E-state index < -0.39 is 0 Å². The summed E-state index contributed by atoms with van der Waals surface area (Å²) in [6, 6.07) is 9.12. The Labute approximate surface area is 192 Å². The number of nitrogens with two attached hydrogens (primary N) is 1. The number of nitrogens with zero attached hydrogens (tertiary/aromatic N) is 1. The second-order valence-electron chi connectivity index (χ2n) is 8.53. The summed E-state index contributed by atoms with van der Waals surface area (Å²) < 4.78 is 9.56. The first-order chi connectivity index (χ1) is 15.1. The Morgan fingerprint density at radius 1 is 1.26 bits per heavy atom. The number of hydrogen-bond acceptors (Lipinski definition) is 6. The fourth-order valence-corrected chi connectivity index (χ4v) is 4.55. The van der Waals surface area contributed by atoms with Crippen molar-refractivity contribution in [3.63, 3.8) is 0 Å². The van der Waals surface area contributed by atoms with E-state index in [0.717, 1.165) is 54.3 Å². The Balaban J connectivity index is 1.65. The van der Waals surface area contributed by atoms with Crippen LogP contribution in [0.4, 0.5) is 5.82 Å². The molecule has 1 aliphatic rings. The van der Waals surface area contributed by atoms with Gasteiger partial charge in [0.15, 0.2) is 0 Å². The van der Waals surface area contributed by atoms with E-state index in [1.54, 1.807) is 11.9 Å². The zero-order valence-electron chi connectivity index (χ0n) is 19.2. The summed E-state index contributed by atoms with van der Waals surface area (Å²) in [5.74, 6) is 2.26. The van der Waals surface area contributed by atoms with Gasteiger partial charge in [0.25, 0.3) is 0 Å². The highest BCUT2D eigenvalue weighted by Crippen LogP contribution is 2.31. The van der Waals surface area contributed by atoms with Gasteiger partial charge < -0.3 is 15.8 Å². The van der Waals surface area contributed by atoms with Gasteiger partial charge in [-0.2, -0.15) is 0 Å². The second-order valence-corrected chi connectivity index (χ2v) is 9.46. The van der Waals surface area contributed by atoms with Crippen LogP contribution in [0, 0.1) is 5.92 Å². The third-order valence-electron chi connectivity index (χ3n) is 6.15. The number of hydrogen-bond donors (Lipinski definition) is 3. The molecule has 4 N–H and O–H groups in total. The molecule has 0 bridgehead atoms. The van der Waals surface area contributed by atoms with Crippen molar-refractivity contribution in [3.8, 4) is 16.9 Å². The number of anilines is 1. The van der Waals surface area contributed by atoms with Crippen LogP contribution in [0.25, 0.3) is 11.1 Å². The molecule has 5 nitrogen and oxygen atoms in total. The quantitative estimate of drug-likeness (QED) is 0.402. The van der Waals surface area contributed by atoms with E-state index >= 15 is 0 Å². The lowest BCUT2D eigenvalue weighted by molar-refractivity contribution is 0.279. The summed E-state index contributed by atoms with van der Waals surface area (Å²) in [6.07, 6.45) is 8.90. The molecule has 1 saturated heterocycles. The molecule has 0 amide bonds. The summed E-state index contributed by atoms with van der Waals surface area (Å²) >= 11 is 1.58. The molecule has 1 aromatic heterocycles. The van der Waals surface area contributed by atoms with Gasteiger partial charge in [0.05, 0.1) is 11.5 Å². The molecule has 0 spiro atoms. The fraction of sp³-hybridized carbons (Fsp3) is 0.560. The summed E-state index contributed by atoms with van der Waals surface area (Å²) in [5.41, 5.74) is 9.61. The second kappa shape index (κ2) is 12.3. The van der Waals surface area contributed by atoms with E-state index in [1.165, 1.54) is 31.2 Å². The number of ether oxygens (including phenoxy) is 1. The number of piperidine rings is 1. The van der Waals surface area contributed by atoms with Crippen LogP contribution in [-0.4, -0.2) is 30.7 Å². The molecule has 3 rings (SSSR count). The molecule has 2 unspecified atom stereocenters. The average molecular weight is 443 g/mol. The van der Waals surface area contributed by atoms with Crippen LogP contribution < -0.4 is 20.5 Å². The highest BCUT2D eigenvalue weighted by Gasteiger charge is 2.13. The summed E-state index contributed by atoms with van der Waals surface area (Å²) in [7, 11) is 0. The van der Waals surface area contributed by atoms with Gasteiger partial charge >= 0.3 is 0 Å². The lowest BCUT2D eigenvalue weighted by atomic mass is 10.0. The molecule has 31 heavy (non-hydrogen) atoms. The van der Waals surface area contributed by atoms with Gasteiger partial charge in [-0.1, -0.05) is 39.7 Å². The molecule has 0 radical (unpaired) electrons. The largest absolute Gasteiger partial charge is 0.493 e. The Morgan fingerprint density at radius 2 is 2.13 bits per heavy atom. The van der Waals surface area contributed by atoms with E-state index in [2.05, 4.69) is 60.1 Å². The van der Waals surface area contributed by atoms with Crippen LogP contribution in [0.1, 0.15) is 58.4 Å². The highest BCUT2D eigenvalue weighted by molar-refractivity contribution is 7.97. The lowest BCUT2D eigenvalue weighted by Crippen LogP contribution is -2.40. The number of nitrogens with one attached hydrogen (secondary N) is 2. The molecule has 6 heteroatoms. The van der Waals surface area contributed by atoms with Crippen molar-refractivity contribution >= 4 is 17.8 Å². The Kier molecular flexibility index (Phi) is 9.50. The molecule has 2 atom stereocenters. The Hall–Kier alpha value is -1.76. The van der Waals surface area contributed by atoms with Gasteiger partial charge in [-0.25, -0.2) is 4.98 Å². The normalized spacial score (nSPS) is 17.5. The topological polar surface area (TPSA) is 72.2 Å². The summed E-state index contributed by atoms with van der Waals surface area (Å²) in [6.45, 7) is 9.49. The van der Waals surface area contributed by atoms with Crippen molar-refractivity contribution < 1.29 is 4.74 Å². The SMILES string of the molecule is CCc1cc(-c2cnc(N)c(SNCC3CCCCN3)c2)ccc1OCCC(C)CC. The van der Waals surface area contributed by atoms with Crippen LogP contribution >= 0.6 is 11.9 Å². The number of nitrogen functional groups attached to an aromatic ring is 1. The van der Waals surface area contributed by atoms with Gasteiger partial charge in [-0.3, -0.25) is 4.72 Å². The van der Waals surface area contributed by atoms with Crippen molar-refractivity contribution in [2.45, 2.75) is 70.2 Å². The van der Waals surface area contributed by atoms with Gasteiger partial charge in [0, 0.05) is 24.3 Å². The van der Waals surface area contributed by atoms with E-state index in [4.69, 9.17) is 10.5 Å². The summed E-state index contributed by atoms with van der Waals surface area (Å²) in [4.78, 5) is 5.42. The van der Waals surface area contributed by atoms with Gasteiger partial charge in [-0.15, -0.1) is 0 Å². The molecule has 0 saturated carbocycles. The average Bonchev–Trinajstić information content (AvgIpc) is 2.81. The number of pyridine rings is 1. The number of aromatic nitrogens is 1. The van der Waals surface area contributed by atoms with Crippen LogP contribution in [0.5, 0.6) is 5.75 Å². The minimum Gasteiger partial charge on any atom is -0.493 e. The lowest BCUT2D eigenvalue weighted by Gasteiger charge is -2.23. The summed E-state index contributed by atoms with van der Waals surface area (Å²) in [5, 5.41) is 3.56.